The average molecular weight is 308 g/mol. The van der Waals surface area contributed by atoms with Gasteiger partial charge in [-0.15, -0.1) is 0 Å². The highest BCUT2D eigenvalue weighted by atomic mass is 16.1. The Bertz CT molecular complexity index is 711. The Labute approximate surface area is 136 Å². The molecule has 0 fully saturated rings. The number of carbonyl (C=O) groups excluding carboxylic acids is 1. The Kier molecular flexibility index (Phi) is 6.06. The van der Waals surface area contributed by atoms with Crippen LogP contribution in [0.1, 0.15) is 19.4 Å². The second kappa shape index (κ2) is 8.48. The first-order chi connectivity index (χ1) is 11.3. The standard InChI is InChI=1S/C18H20N4O/c1-3-5-9-14(8-4-2)18-15-10-6-7-11-16(15)21-17(12-19-18)22-20-13-23/h3-11,13H,12H2,1-2H3,(H,20,23)(H,21,22)/b5-3-,8-4-,14-9+. The molecule has 1 amide bonds. The molecule has 0 radical (unpaired) electrons. The zero-order valence-electron chi connectivity index (χ0n) is 13.3. The zero-order chi connectivity index (χ0) is 16.5. The van der Waals surface area contributed by atoms with E-state index < -0.39 is 0 Å². The van der Waals surface area contributed by atoms with Gasteiger partial charge in [-0.25, -0.2) is 4.99 Å². The number of hydrazine groups is 1. The second-order valence-corrected chi connectivity index (χ2v) is 4.78. The third kappa shape index (κ3) is 4.26. The van der Waals surface area contributed by atoms with Crippen LogP contribution in [0.5, 0.6) is 0 Å². The normalized spacial score (nSPS) is 15.0. The summed E-state index contributed by atoms with van der Waals surface area (Å²) >= 11 is 0. The molecule has 0 spiro atoms. The molecule has 1 heterocycles. The van der Waals surface area contributed by atoms with E-state index in [2.05, 4.69) is 20.8 Å². The second-order valence-electron chi connectivity index (χ2n) is 4.78. The van der Waals surface area contributed by atoms with Crippen molar-refractivity contribution in [2.24, 2.45) is 9.98 Å². The molecule has 2 N–H and O–H groups in total. The Morgan fingerprint density at radius 1 is 1.22 bits per heavy atom. The zero-order valence-corrected chi connectivity index (χ0v) is 13.3. The van der Waals surface area contributed by atoms with Crippen LogP contribution >= 0.6 is 0 Å². The van der Waals surface area contributed by atoms with Crippen LogP contribution in [0.15, 0.2) is 70.2 Å². The third-order valence-electron chi connectivity index (χ3n) is 3.16. The van der Waals surface area contributed by atoms with Gasteiger partial charge in [0.25, 0.3) is 0 Å². The highest BCUT2D eigenvalue weighted by Crippen LogP contribution is 2.25. The van der Waals surface area contributed by atoms with Crippen LogP contribution in [0.25, 0.3) is 0 Å². The minimum absolute atomic E-state index is 0.357. The molecule has 1 aromatic rings. The van der Waals surface area contributed by atoms with Crippen molar-refractivity contribution in [1.29, 1.82) is 0 Å². The number of nitrogens with zero attached hydrogens (tertiary/aromatic N) is 2. The fourth-order valence-electron chi connectivity index (χ4n) is 2.21. The molecule has 0 atom stereocenters. The van der Waals surface area contributed by atoms with Crippen molar-refractivity contribution >= 4 is 23.6 Å². The van der Waals surface area contributed by atoms with Crippen molar-refractivity contribution < 1.29 is 4.79 Å². The number of amides is 1. The number of hydrogen-bond donors (Lipinski definition) is 2. The number of allylic oxidation sites excluding steroid dienone is 6. The summed E-state index contributed by atoms with van der Waals surface area (Å²) in [5.41, 5.74) is 8.84. The highest BCUT2D eigenvalue weighted by molar-refractivity contribution is 6.18. The van der Waals surface area contributed by atoms with Gasteiger partial charge in [0.2, 0.25) is 6.41 Å². The number of hydrogen-bond acceptors (Lipinski definition) is 4. The van der Waals surface area contributed by atoms with Crippen molar-refractivity contribution in [3.05, 3.63) is 65.8 Å². The van der Waals surface area contributed by atoms with E-state index in [-0.39, 0.29) is 0 Å². The number of benzene rings is 1. The van der Waals surface area contributed by atoms with Crippen LogP contribution in [0, 0.1) is 0 Å². The van der Waals surface area contributed by atoms with Gasteiger partial charge >= 0.3 is 0 Å². The quantitative estimate of drug-likeness (QED) is 0.499. The first kappa shape index (κ1) is 16.4. The number of para-hydroxylation sites is 1. The summed E-state index contributed by atoms with van der Waals surface area (Å²) in [6.07, 6.45) is 10.6. The smallest absolute Gasteiger partial charge is 0.225 e. The third-order valence-corrected chi connectivity index (χ3v) is 3.16. The van der Waals surface area contributed by atoms with Gasteiger partial charge in [0.05, 0.1) is 17.9 Å². The summed E-state index contributed by atoms with van der Waals surface area (Å²) in [7, 11) is 0. The Morgan fingerprint density at radius 3 is 2.78 bits per heavy atom. The summed E-state index contributed by atoms with van der Waals surface area (Å²) in [6, 6.07) is 7.83. The van der Waals surface area contributed by atoms with Crippen molar-refractivity contribution in [1.82, 2.24) is 10.9 Å². The van der Waals surface area contributed by atoms with Crippen LogP contribution in [0.4, 0.5) is 5.69 Å². The number of aliphatic imine (C=N–C) groups is 2. The van der Waals surface area contributed by atoms with Gasteiger partial charge in [-0.1, -0.05) is 48.6 Å². The molecule has 118 valence electrons. The number of nitrogens with one attached hydrogen (secondary N) is 2. The van der Waals surface area contributed by atoms with Crippen LogP contribution < -0.4 is 10.9 Å². The maximum Gasteiger partial charge on any atom is 0.225 e. The molecule has 1 aromatic carbocycles. The largest absolute Gasteiger partial charge is 0.284 e. The Morgan fingerprint density at radius 2 is 2.04 bits per heavy atom. The van der Waals surface area contributed by atoms with Gasteiger partial charge in [-0.05, 0) is 19.9 Å². The maximum absolute atomic E-state index is 10.5. The molecule has 0 aromatic heterocycles. The monoisotopic (exact) mass is 308 g/mol. The van der Waals surface area contributed by atoms with Crippen LogP contribution in [0.3, 0.4) is 0 Å². The van der Waals surface area contributed by atoms with Gasteiger partial charge in [0, 0.05) is 11.1 Å². The van der Waals surface area contributed by atoms with Crippen molar-refractivity contribution in [2.45, 2.75) is 13.8 Å². The van der Waals surface area contributed by atoms with Gasteiger partial charge in [-0.3, -0.25) is 20.6 Å². The molecular formula is C18H20N4O. The molecule has 2 rings (SSSR count). The lowest BCUT2D eigenvalue weighted by atomic mass is 9.99. The predicted octanol–water partition coefficient (Wildman–Crippen LogP) is 2.85. The topological polar surface area (TPSA) is 65.8 Å². The first-order valence-electron chi connectivity index (χ1n) is 7.42. The lowest BCUT2D eigenvalue weighted by Crippen LogP contribution is -2.37. The summed E-state index contributed by atoms with van der Waals surface area (Å²) in [5, 5.41) is 0. The lowest BCUT2D eigenvalue weighted by molar-refractivity contribution is -0.110. The first-order valence-corrected chi connectivity index (χ1v) is 7.42. The summed E-state index contributed by atoms with van der Waals surface area (Å²) < 4.78 is 0. The molecule has 0 saturated heterocycles. The maximum atomic E-state index is 10.5. The SMILES string of the molecule is C\C=C/C=C(\C=C/C)C1=NCC(NNC=O)=Nc2ccccc21. The molecule has 5 nitrogen and oxygen atoms in total. The van der Waals surface area contributed by atoms with Crippen molar-refractivity contribution in [2.75, 3.05) is 6.54 Å². The Hall–Kier alpha value is -2.95. The van der Waals surface area contributed by atoms with E-state index >= 15 is 0 Å². The summed E-state index contributed by atoms with van der Waals surface area (Å²) in [4.78, 5) is 19.7. The molecule has 1 aliphatic rings. The number of carbonyl (C=O) groups is 1. The van der Waals surface area contributed by atoms with Gasteiger partial charge < -0.3 is 0 Å². The molecule has 0 aliphatic carbocycles. The van der Waals surface area contributed by atoms with Gasteiger partial charge in [0.15, 0.2) is 0 Å². The van der Waals surface area contributed by atoms with E-state index in [1.165, 1.54) is 0 Å². The van der Waals surface area contributed by atoms with Crippen LogP contribution in [0.2, 0.25) is 0 Å². The van der Waals surface area contributed by atoms with Gasteiger partial charge in [0.1, 0.15) is 5.84 Å². The van der Waals surface area contributed by atoms with Crippen molar-refractivity contribution in [3.63, 3.8) is 0 Å². The van der Waals surface area contributed by atoms with Crippen molar-refractivity contribution in [3.8, 4) is 0 Å². The van der Waals surface area contributed by atoms with E-state index in [0.717, 1.165) is 22.5 Å². The van der Waals surface area contributed by atoms with E-state index in [4.69, 9.17) is 0 Å². The molecular weight excluding hydrogens is 288 g/mol. The fourth-order valence-corrected chi connectivity index (χ4v) is 2.21. The predicted molar refractivity (Wildman–Crippen MR) is 95.0 cm³/mol. The van der Waals surface area contributed by atoms with Gasteiger partial charge in [-0.2, -0.15) is 0 Å². The van der Waals surface area contributed by atoms with E-state index in [1.807, 2.05) is 68.5 Å². The van der Waals surface area contributed by atoms with Crippen LogP contribution in [-0.4, -0.2) is 24.5 Å². The fraction of sp³-hybridized carbons (Fsp3) is 0.167. The summed E-state index contributed by atoms with van der Waals surface area (Å²) in [6.45, 7) is 4.31. The Balaban J connectivity index is 2.49. The molecule has 1 aliphatic heterocycles. The minimum atomic E-state index is 0.357. The molecule has 23 heavy (non-hydrogen) atoms. The van der Waals surface area contributed by atoms with Crippen LogP contribution in [-0.2, 0) is 4.79 Å². The highest BCUT2D eigenvalue weighted by Gasteiger charge is 2.15. The van der Waals surface area contributed by atoms with E-state index in [1.54, 1.807) is 0 Å². The number of fused-ring (bicyclic) bond motifs is 1. The number of amidine groups is 1. The molecule has 5 heteroatoms. The minimum Gasteiger partial charge on any atom is -0.284 e. The average Bonchev–Trinajstić information content (AvgIpc) is 2.76. The molecule has 0 unspecified atom stereocenters. The van der Waals surface area contributed by atoms with E-state index in [0.29, 0.717) is 18.8 Å². The number of rotatable bonds is 5. The molecule has 0 bridgehead atoms. The van der Waals surface area contributed by atoms with E-state index in [9.17, 15) is 4.79 Å². The lowest BCUT2D eigenvalue weighted by Gasteiger charge is -2.08. The molecule has 0 saturated carbocycles. The summed E-state index contributed by atoms with van der Waals surface area (Å²) in [5.74, 6) is 0.588.